The molecule has 3 heteroatoms. The largest absolute Gasteiger partial charge is 0.205 e. The van der Waals surface area contributed by atoms with Crippen LogP contribution in [0.25, 0.3) is 0 Å². The third kappa shape index (κ3) is 3.17. The Morgan fingerprint density at radius 3 is 2.61 bits per heavy atom. The maximum absolute atomic E-state index is 14.6. The number of fused-ring (bicyclic) bond motifs is 1. The van der Waals surface area contributed by atoms with Gasteiger partial charge < -0.3 is 0 Å². The van der Waals surface area contributed by atoms with Gasteiger partial charge in [-0.15, -0.1) is 6.58 Å². The summed E-state index contributed by atoms with van der Waals surface area (Å²) in [6.07, 6.45) is 4.26. The van der Waals surface area contributed by atoms with Gasteiger partial charge in [-0.3, -0.25) is 0 Å². The molecule has 0 N–H and O–H groups in total. The summed E-state index contributed by atoms with van der Waals surface area (Å²) in [6.45, 7) is 3.80. The number of benzene rings is 2. The van der Waals surface area contributed by atoms with Gasteiger partial charge in [-0.25, -0.2) is 13.2 Å². The second kappa shape index (κ2) is 6.34. The lowest BCUT2D eigenvalue weighted by Gasteiger charge is -2.22. The minimum absolute atomic E-state index is 0.283. The molecule has 116 valence electrons. The first-order chi connectivity index (χ1) is 11.1. The van der Waals surface area contributed by atoms with Crippen molar-refractivity contribution >= 4 is 0 Å². The second-order valence-corrected chi connectivity index (χ2v) is 5.68. The van der Waals surface area contributed by atoms with Crippen molar-refractivity contribution in [2.45, 2.75) is 19.3 Å². The highest BCUT2D eigenvalue weighted by molar-refractivity contribution is 5.47. The van der Waals surface area contributed by atoms with Gasteiger partial charge in [-0.2, -0.15) is 0 Å². The first-order valence-electron chi connectivity index (χ1n) is 7.48. The molecule has 0 nitrogen and oxygen atoms in total. The number of hydrogen-bond acceptors (Lipinski definition) is 0. The van der Waals surface area contributed by atoms with Crippen LogP contribution in [-0.4, -0.2) is 0 Å². The molecule has 0 aromatic heterocycles. The van der Waals surface area contributed by atoms with Crippen molar-refractivity contribution in [2.24, 2.45) is 5.92 Å². The Kier molecular flexibility index (Phi) is 4.25. The summed E-state index contributed by atoms with van der Waals surface area (Å²) in [5.74, 6) is 3.60. The average molecular weight is 312 g/mol. The van der Waals surface area contributed by atoms with E-state index in [1.54, 1.807) is 6.07 Å². The van der Waals surface area contributed by atoms with Crippen LogP contribution >= 0.6 is 0 Å². The smallest absolute Gasteiger partial charge is 0.160 e. The molecule has 1 unspecified atom stereocenters. The van der Waals surface area contributed by atoms with Gasteiger partial charge in [0.05, 0.1) is 5.56 Å². The van der Waals surface area contributed by atoms with Crippen LogP contribution in [0, 0.1) is 35.2 Å². The van der Waals surface area contributed by atoms with Crippen molar-refractivity contribution in [3.63, 3.8) is 0 Å². The van der Waals surface area contributed by atoms with Crippen LogP contribution in [-0.2, 0) is 12.8 Å². The molecule has 2 aromatic rings. The van der Waals surface area contributed by atoms with Crippen LogP contribution < -0.4 is 0 Å². The molecule has 0 aliphatic heterocycles. The van der Waals surface area contributed by atoms with Gasteiger partial charge in [0.25, 0.3) is 0 Å². The van der Waals surface area contributed by atoms with E-state index in [9.17, 15) is 13.2 Å². The molecular weight excluding hydrogens is 297 g/mol. The molecule has 2 aromatic carbocycles. The lowest BCUT2D eigenvalue weighted by molar-refractivity contribution is 0.508. The van der Waals surface area contributed by atoms with Crippen LogP contribution in [0.15, 0.2) is 43.0 Å². The molecule has 0 spiro atoms. The third-order valence-corrected chi connectivity index (χ3v) is 4.18. The Balaban J connectivity index is 1.92. The lowest BCUT2D eigenvalue weighted by Crippen LogP contribution is -2.14. The highest BCUT2D eigenvalue weighted by Crippen LogP contribution is 2.29. The molecular formula is C20H15F3. The van der Waals surface area contributed by atoms with E-state index in [-0.39, 0.29) is 11.4 Å². The summed E-state index contributed by atoms with van der Waals surface area (Å²) in [7, 11) is 0. The summed E-state index contributed by atoms with van der Waals surface area (Å²) >= 11 is 0. The van der Waals surface area contributed by atoms with E-state index in [1.807, 2.05) is 12.1 Å². The summed E-state index contributed by atoms with van der Waals surface area (Å²) < 4.78 is 40.6. The standard InChI is InChI=1S/C20H15F3/c1-2-13-4-9-17-16(11-13)8-7-15(20(17)23)6-3-14-5-10-18(21)19(22)12-14/h2,5,7-8,10,12-13H,1,4,9,11H2. The molecule has 23 heavy (non-hydrogen) atoms. The van der Waals surface area contributed by atoms with Crippen LogP contribution in [0.1, 0.15) is 28.7 Å². The van der Waals surface area contributed by atoms with Gasteiger partial charge in [0.15, 0.2) is 11.6 Å². The van der Waals surface area contributed by atoms with Crippen molar-refractivity contribution in [3.05, 3.63) is 82.7 Å². The molecule has 1 aliphatic rings. The highest BCUT2D eigenvalue weighted by atomic mass is 19.2. The maximum Gasteiger partial charge on any atom is 0.160 e. The molecule has 3 rings (SSSR count). The highest BCUT2D eigenvalue weighted by Gasteiger charge is 2.20. The van der Waals surface area contributed by atoms with E-state index >= 15 is 0 Å². The molecule has 0 fully saturated rings. The predicted molar refractivity (Wildman–Crippen MR) is 84.5 cm³/mol. The summed E-state index contributed by atoms with van der Waals surface area (Å²) in [5.41, 5.74) is 2.30. The molecule has 0 radical (unpaired) electrons. The summed E-state index contributed by atoms with van der Waals surface area (Å²) in [4.78, 5) is 0. The van der Waals surface area contributed by atoms with Crippen LogP contribution in [0.4, 0.5) is 13.2 Å². The Bertz CT molecular complexity index is 825. The van der Waals surface area contributed by atoms with E-state index in [4.69, 9.17) is 0 Å². The van der Waals surface area contributed by atoms with Crippen molar-refractivity contribution in [2.75, 3.05) is 0 Å². The molecule has 0 saturated carbocycles. The Morgan fingerprint density at radius 1 is 1.04 bits per heavy atom. The predicted octanol–water partition coefficient (Wildman–Crippen LogP) is 4.79. The Hall–Kier alpha value is -2.47. The van der Waals surface area contributed by atoms with E-state index < -0.39 is 11.6 Å². The summed E-state index contributed by atoms with van der Waals surface area (Å²) in [5, 5.41) is 0. The lowest BCUT2D eigenvalue weighted by atomic mass is 9.83. The van der Waals surface area contributed by atoms with Crippen molar-refractivity contribution < 1.29 is 13.2 Å². The molecule has 1 atom stereocenters. The van der Waals surface area contributed by atoms with Gasteiger partial charge in [0, 0.05) is 5.56 Å². The molecule has 1 aliphatic carbocycles. The van der Waals surface area contributed by atoms with Crippen LogP contribution in [0.5, 0.6) is 0 Å². The quantitative estimate of drug-likeness (QED) is 0.524. The van der Waals surface area contributed by atoms with E-state index in [1.165, 1.54) is 6.07 Å². The van der Waals surface area contributed by atoms with Crippen molar-refractivity contribution in [1.29, 1.82) is 0 Å². The zero-order chi connectivity index (χ0) is 16.4. The zero-order valence-electron chi connectivity index (χ0n) is 12.5. The van der Waals surface area contributed by atoms with Crippen molar-refractivity contribution in [1.82, 2.24) is 0 Å². The fourth-order valence-corrected chi connectivity index (χ4v) is 2.85. The maximum atomic E-state index is 14.6. The second-order valence-electron chi connectivity index (χ2n) is 5.68. The SMILES string of the molecule is C=CC1CCc2c(ccc(C#Cc3ccc(F)c(F)c3)c2F)C1. The van der Waals surface area contributed by atoms with Crippen LogP contribution in [0.3, 0.4) is 0 Å². The monoisotopic (exact) mass is 312 g/mol. The minimum Gasteiger partial charge on any atom is -0.205 e. The summed E-state index contributed by atoms with van der Waals surface area (Å²) in [6, 6.07) is 6.93. The number of rotatable bonds is 1. The van der Waals surface area contributed by atoms with Gasteiger partial charge in [-0.05, 0) is 60.6 Å². The van der Waals surface area contributed by atoms with Gasteiger partial charge in [0.2, 0.25) is 0 Å². The van der Waals surface area contributed by atoms with Gasteiger partial charge >= 0.3 is 0 Å². The Labute approximate surface area is 133 Å². The normalized spacial score (nSPS) is 16.2. The molecule has 0 bridgehead atoms. The molecule has 0 amide bonds. The van der Waals surface area contributed by atoms with Crippen molar-refractivity contribution in [3.8, 4) is 11.8 Å². The number of hydrogen-bond donors (Lipinski definition) is 0. The van der Waals surface area contributed by atoms with E-state index in [2.05, 4.69) is 18.4 Å². The first kappa shape index (κ1) is 15.4. The van der Waals surface area contributed by atoms with Gasteiger partial charge in [0.1, 0.15) is 5.82 Å². The van der Waals surface area contributed by atoms with Gasteiger partial charge in [-0.1, -0.05) is 24.0 Å². The average Bonchev–Trinajstić information content (AvgIpc) is 2.57. The fraction of sp³-hybridized carbons (Fsp3) is 0.200. The zero-order valence-corrected chi connectivity index (χ0v) is 12.5. The number of allylic oxidation sites excluding steroid dienone is 1. The topological polar surface area (TPSA) is 0 Å². The first-order valence-corrected chi connectivity index (χ1v) is 7.48. The minimum atomic E-state index is -0.960. The van der Waals surface area contributed by atoms with Crippen LogP contribution in [0.2, 0.25) is 0 Å². The van der Waals surface area contributed by atoms with E-state index in [0.29, 0.717) is 23.5 Å². The number of halogens is 3. The van der Waals surface area contributed by atoms with E-state index in [0.717, 1.165) is 30.5 Å². The Morgan fingerprint density at radius 2 is 1.87 bits per heavy atom. The fourth-order valence-electron chi connectivity index (χ4n) is 2.85. The molecule has 0 heterocycles. The third-order valence-electron chi connectivity index (χ3n) is 4.18. The molecule has 0 saturated heterocycles.